The molecule has 0 saturated heterocycles. The minimum Gasteiger partial charge on any atom is -0.496 e. The maximum Gasteiger partial charge on any atom is 0.251 e. The van der Waals surface area contributed by atoms with E-state index in [0.29, 0.717) is 24.6 Å². The summed E-state index contributed by atoms with van der Waals surface area (Å²) in [5.41, 5.74) is 2.79. The second-order valence-corrected chi connectivity index (χ2v) is 6.75. The smallest absolute Gasteiger partial charge is 0.251 e. The van der Waals surface area contributed by atoms with Gasteiger partial charge in [-0.15, -0.1) is 24.0 Å². The van der Waals surface area contributed by atoms with E-state index in [1.807, 2.05) is 42.5 Å². The summed E-state index contributed by atoms with van der Waals surface area (Å²) < 4.78 is 6.39. The van der Waals surface area contributed by atoms with Crippen molar-refractivity contribution in [1.82, 2.24) is 16.0 Å². The lowest BCUT2D eigenvalue weighted by molar-refractivity contribution is 0.0963. The molecule has 1 amide bonds. The molecular weight excluding hydrogens is 535 g/mol. The van der Waals surface area contributed by atoms with Crippen LogP contribution in [0, 0.1) is 0 Å². The molecule has 28 heavy (non-hydrogen) atoms. The summed E-state index contributed by atoms with van der Waals surface area (Å²) in [7, 11) is 5.03. The first-order valence-electron chi connectivity index (χ1n) is 8.65. The maximum absolute atomic E-state index is 11.7. The highest BCUT2D eigenvalue weighted by Crippen LogP contribution is 2.22. The molecule has 0 fully saturated rings. The van der Waals surface area contributed by atoms with Crippen molar-refractivity contribution in [3.05, 3.63) is 63.6 Å². The first kappa shape index (κ1) is 24.2. The fourth-order valence-corrected chi connectivity index (χ4v) is 3.03. The zero-order chi connectivity index (χ0) is 19.6. The molecule has 0 unspecified atom stereocenters. The number of hydrogen-bond donors (Lipinski definition) is 3. The van der Waals surface area contributed by atoms with Crippen LogP contribution in [0.4, 0.5) is 0 Å². The van der Waals surface area contributed by atoms with E-state index >= 15 is 0 Å². The molecule has 2 aromatic carbocycles. The quantitative estimate of drug-likeness (QED) is 0.276. The molecule has 0 aliphatic carbocycles. The first-order valence-corrected chi connectivity index (χ1v) is 9.44. The Kier molecular flexibility index (Phi) is 10.9. The number of aliphatic imine (C=N–C) groups is 1. The van der Waals surface area contributed by atoms with Crippen molar-refractivity contribution in [1.29, 1.82) is 0 Å². The van der Waals surface area contributed by atoms with Gasteiger partial charge in [0.2, 0.25) is 0 Å². The van der Waals surface area contributed by atoms with Gasteiger partial charge in [-0.25, -0.2) is 0 Å². The van der Waals surface area contributed by atoms with E-state index in [4.69, 9.17) is 4.74 Å². The number of benzene rings is 2. The highest BCUT2D eigenvalue weighted by atomic mass is 127. The molecule has 0 bridgehead atoms. The Bertz CT molecular complexity index is 815. The van der Waals surface area contributed by atoms with Gasteiger partial charge in [0.05, 0.1) is 7.11 Å². The molecule has 0 heterocycles. The SMILES string of the molecule is CN=C(NCCc1cccc(C(=O)NC)c1)NCc1cc(Br)ccc1OC.I. The van der Waals surface area contributed by atoms with Crippen molar-refractivity contribution in [2.75, 3.05) is 27.7 Å². The van der Waals surface area contributed by atoms with Gasteiger partial charge in [0.15, 0.2) is 5.96 Å². The summed E-state index contributed by atoms with van der Waals surface area (Å²) in [5.74, 6) is 1.46. The molecule has 0 aromatic heterocycles. The van der Waals surface area contributed by atoms with E-state index < -0.39 is 0 Å². The van der Waals surface area contributed by atoms with E-state index in [0.717, 1.165) is 27.8 Å². The number of hydrogen-bond acceptors (Lipinski definition) is 3. The molecular formula is C20H26BrIN4O2. The number of methoxy groups -OCH3 is 1. The van der Waals surface area contributed by atoms with Crippen LogP contribution in [-0.2, 0) is 13.0 Å². The number of nitrogens with zero attached hydrogens (tertiary/aromatic N) is 1. The van der Waals surface area contributed by atoms with E-state index in [1.165, 1.54) is 0 Å². The summed E-state index contributed by atoms with van der Waals surface area (Å²) >= 11 is 3.48. The van der Waals surface area contributed by atoms with Crippen molar-refractivity contribution in [3.63, 3.8) is 0 Å². The Morgan fingerprint density at radius 1 is 1.18 bits per heavy atom. The number of nitrogens with one attached hydrogen (secondary N) is 3. The minimum absolute atomic E-state index is 0. The fraction of sp³-hybridized carbons (Fsp3) is 0.300. The lowest BCUT2D eigenvalue weighted by Crippen LogP contribution is -2.37. The second kappa shape index (κ2) is 12.6. The van der Waals surface area contributed by atoms with Crippen molar-refractivity contribution >= 4 is 51.8 Å². The van der Waals surface area contributed by atoms with Gasteiger partial charge in [-0.05, 0) is 42.3 Å². The van der Waals surface area contributed by atoms with Gasteiger partial charge in [-0.1, -0.05) is 28.1 Å². The van der Waals surface area contributed by atoms with Crippen LogP contribution in [0.2, 0.25) is 0 Å². The van der Waals surface area contributed by atoms with Gasteiger partial charge in [0.1, 0.15) is 5.75 Å². The monoisotopic (exact) mass is 560 g/mol. The van der Waals surface area contributed by atoms with Crippen LogP contribution in [0.5, 0.6) is 5.75 Å². The number of ether oxygens (including phenoxy) is 1. The standard InChI is InChI=1S/C20H25BrN4O2.HI/c1-22-19(26)15-6-4-5-14(11-15)9-10-24-20(23-2)25-13-16-12-17(21)7-8-18(16)27-3;/h4-8,11-12H,9-10,13H2,1-3H3,(H,22,26)(H2,23,24,25);1H. The highest BCUT2D eigenvalue weighted by molar-refractivity contribution is 14.0. The number of carbonyl (C=O) groups is 1. The van der Waals surface area contributed by atoms with Crippen LogP contribution in [0.3, 0.4) is 0 Å². The Morgan fingerprint density at radius 2 is 1.96 bits per heavy atom. The third-order valence-corrected chi connectivity index (χ3v) is 4.53. The predicted octanol–water partition coefficient (Wildman–Crippen LogP) is 3.34. The zero-order valence-electron chi connectivity index (χ0n) is 16.2. The van der Waals surface area contributed by atoms with Crippen LogP contribution >= 0.6 is 39.9 Å². The van der Waals surface area contributed by atoms with Gasteiger partial charge in [-0.3, -0.25) is 9.79 Å². The van der Waals surface area contributed by atoms with E-state index in [2.05, 4.69) is 36.9 Å². The Balaban J connectivity index is 0.00000392. The molecule has 6 nitrogen and oxygen atoms in total. The number of amides is 1. The summed E-state index contributed by atoms with van der Waals surface area (Å²) in [4.78, 5) is 16.0. The van der Waals surface area contributed by atoms with Gasteiger partial charge >= 0.3 is 0 Å². The van der Waals surface area contributed by atoms with Gasteiger partial charge in [-0.2, -0.15) is 0 Å². The Hall–Kier alpha value is -1.81. The van der Waals surface area contributed by atoms with Crippen molar-refractivity contribution in [3.8, 4) is 5.75 Å². The second-order valence-electron chi connectivity index (χ2n) is 5.84. The molecule has 152 valence electrons. The molecule has 0 spiro atoms. The Morgan fingerprint density at radius 3 is 2.64 bits per heavy atom. The fourth-order valence-electron chi connectivity index (χ4n) is 2.62. The lowest BCUT2D eigenvalue weighted by atomic mass is 10.1. The summed E-state index contributed by atoms with van der Waals surface area (Å²) in [6.07, 6.45) is 0.783. The molecule has 0 aliphatic rings. The summed E-state index contributed by atoms with van der Waals surface area (Å²) in [6, 6.07) is 13.5. The van der Waals surface area contributed by atoms with Crippen LogP contribution in [0.1, 0.15) is 21.5 Å². The van der Waals surface area contributed by atoms with Gasteiger partial charge in [0, 0.05) is 42.8 Å². The number of carbonyl (C=O) groups excluding carboxylic acids is 1. The molecule has 0 aliphatic heterocycles. The third kappa shape index (κ3) is 7.31. The highest BCUT2D eigenvalue weighted by Gasteiger charge is 2.06. The number of rotatable bonds is 7. The van der Waals surface area contributed by atoms with Crippen LogP contribution < -0.4 is 20.7 Å². The summed E-state index contributed by atoms with van der Waals surface area (Å²) in [6.45, 7) is 1.29. The Labute approximate surface area is 191 Å². The zero-order valence-corrected chi connectivity index (χ0v) is 20.1. The topological polar surface area (TPSA) is 74.8 Å². The lowest BCUT2D eigenvalue weighted by Gasteiger charge is -2.14. The van der Waals surface area contributed by atoms with Gasteiger partial charge < -0.3 is 20.7 Å². The molecule has 2 aromatic rings. The minimum atomic E-state index is -0.0785. The van der Waals surface area contributed by atoms with Crippen molar-refractivity contribution < 1.29 is 9.53 Å². The van der Waals surface area contributed by atoms with Crippen molar-refractivity contribution in [2.24, 2.45) is 4.99 Å². The van der Waals surface area contributed by atoms with Crippen LogP contribution in [0.15, 0.2) is 51.9 Å². The predicted molar refractivity (Wildman–Crippen MR) is 128 cm³/mol. The molecule has 0 saturated carbocycles. The number of halogens is 2. The first-order chi connectivity index (χ1) is 13.1. The normalized spacial score (nSPS) is 10.6. The maximum atomic E-state index is 11.7. The average molecular weight is 561 g/mol. The van der Waals surface area contributed by atoms with E-state index in [1.54, 1.807) is 21.2 Å². The average Bonchev–Trinajstić information content (AvgIpc) is 2.70. The molecule has 8 heteroatoms. The molecule has 2 rings (SSSR count). The summed E-state index contributed by atoms with van der Waals surface area (Å²) in [5, 5.41) is 9.22. The van der Waals surface area contributed by atoms with Gasteiger partial charge in [0.25, 0.3) is 5.91 Å². The molecule has 0 atom stereocenters. The van der Waals surface area contributed by atoms with E-state index in [-0.39, 0.29) is 29.9 Å². The van der Waals surface area contributed by atoms with Crippen LogP contribution in [-0.4, -0.2) is 39.6 Å². The molecule has 3 N–H and O–H groups in total. The van der Waals surface area contributed by atoms with E-state index in [9.17, 15) is 4.79 Å². The van der Waals surface area contributed by atoms with Crippen LogP contribution in [0.25, 0.3) is 0 Å². The number of guanidine groups is 1. The third-order valence-electron chi connectivity index (χ3n) is 4.03. The largest absolute Gasteiger partial charge is 0.496 e. The molecule has 0 radical (unpaired) electrons. The van der Waals surface area contributed by atoms with Crippen molar-refractivity contribution in [2.45, 2.75) is 13.0 Å².